The summed E-state index contributed by atoms with van der Waals surface area (Å²) in [5.74, 6) is 0.734. The van der Waals surface area contributed by atoms with Crippen LogP contribution in [0.5, 0.6) is 0 Å². The molecule has 1 aliphatic carbocycles. The van der Waals surface area contributed by atoms with Crippen LogP contribution in [-0.4, -0.2) is 34.7 Å². The number of aryl methyl sites for hydroxylation is 2. The second-order valence-corrected chi connectivity index (χ2v) is 7.54. The number of likely N-dealkylation sites (tertiary alicyclic amines) is 1. The summed E-state index contributed by atoms with van der Waals surface area (Å²) in [6.07, 6.45) is 3.18. The molecule has 1 saturated heterocycles. The number of nitriles is 1. The van der Waals surface area contributed by atoms with Gasteiger partial charge < -0.3 is 9.32 Å². The van der Waals surface area contributed by atoms with Gasteiger partial charge in [-0.1, -0.05) is 19.9 Å². The SMILES string of the molecule is Cc1nc(C(=O)N2CC[C@]3(C=C(C#N)C(=O)C(C)(C)C3)C2)c(C)o1. The molecule has 126 valence electrons. The van der Waals surface area contributed by atoms with Gasteiger partial charge in [0.2, 0.25) is 0 Å². The first-order valence-electron chi connectivity index (χ1n) is 8.08. The van der Waals surface area contributed by atoms with Gasteiger partial charge in [-0.2, -0.15) is 5.26 Å². The number of ketones is 1. The van der Waals surface area contributed by atoms with Crippen LogP contribution < -0.4 is 0 Å². The third-order valence-corrected chi connectivity index (χ3v) is 5.00. The minimum absolute atomic E-state index is 0.108. The number of rotatable bonds is 1. The van der Waals surface area contributed by atoms with E-state index in [9.17, 15) is 14.9 Å². The minimum Gasteiger partial charge on any atom is -0.445 e. The molecule has 0 unspecified atom stereocenters. The third kappa shape index (κ3) is 2.54. The van der Waals surface area contributed by atoms with Gasteiger partial charge in [0.05, 0.1) is 5.57 Å². The molecule has 1 aromatic heterocycles. The molecule has 24 heavy (non-hydrogen) atoms. The molecule has 0 radical (unpaired) electrons. The molecule has 1 aliphatic heterocycles. The van der Waals surface area contributed by atoms with E-state index in [0.29, 0.717) is 36.9 Å². The Balaban J connectivity index is 1.88. The minimum atomic E-state index is -0.584. The zero-order valence-electron chi connectivity index (χ0n) is 14.5. The maximum atomic E-state index is 12.7. The molecule has 1 amide bonds. The predicted molar refractivity (Wildman–Crippen MR) is 86.0 cm³/mol. The summed E-state index contributed by atoms with van der Waals surface area (Å²) in [6, 6.07) is 2.03. The number of hydrogen-bond donors (Lipinski definition) is 0. The zero-order valence-corrected chi connectivity index (χ0v) is 14.5. The summed E-state index contributed by atoms with van der Waals surface area (Å²) in [4.78, 5) is 31.0. The van der Waals surface area contributed by atoms with Crippen molar-refractivity contribution in [2.24, 2.45) is 10.8 Å². The van der Waals surface area contributed by atoms with E-state index < -0.39 is 5.41 Å². The Morgan fingerprint density at radius 3 is 2.71 bits per heavy atom. The number of aromatic nitrogens is 1. The molecule has 1 spiro atoms. The van der Waals surface area contributed by atoms with Crippen LogP contribution in [0.4, 0.5) is 0 Å². The number of carbonyl (C=O) groups excluding carboxylic acids is 2. The quantitative estimate of drug-likeness (QED) is 0.791. The van der Waals surface area contributed by atoms with E-state index in [1.165, 1.54) is 0 Å². The van der Waals surface area contributed by atoms with Gasteiger partial charge in [0.25, 0.3) is 5.91 Å². The number of oxazole rings is 1. The molecule has 0 bridgehead atoms. The monoisotopic (exact) mass is 327 g/mol. The van der Waals surface area contributed by atoms with E-state index >= 15 is 0 Å². The van der Waals surface area contributed by atoms with E-state index in [2.05, 4.69) is 4.98 Å². The van der Waals surface area contributed by atoms with E-state index in [1.54, 1.807) is 24.8 Å². The van der Waals surface area contributed by atoms with E-state index in [0.717, 1.165) is 6.42 Å². The molecule has 6 heteroatoms. The van der Waals surface area contributed by atoms with E-state index in [-0.39, 0.29) is 22.7 Å². The van der Waals surface area contributed by atoms with Gasteiger partial charge in [-0.05, 0) is 19.8 Å². The topological polar surface area (TPSA) is 87.2 Å². The Morgan fingerprint density at radius 2 is 2.12 bits per heavy atom. The lowest BCUT2D eigenvalue weighted by molar-refractivity contribution is -0.125. The molecule has 1 aromatic rings. The van der Waals surface area contributed by atoms with Crippen LogP contribution >= 0.6 is 0 Å². The highest BCUT2D eigenvalue weighted by Crippen LogP contribution is 2.48. The first-order valence-corrected chi connectivity index (χ1v) is 8.08. The van der Waals surface area contributed by atoms with Gasteiger partial charge in [0.1, 0.15) is 11.8 Å². The highest BCUT2D eigenvalue weighted by molar-refractivity contribution is 6.03. The fraction of sp³-hybridized carbons (Fsp3) is 0.556. The average molecular weight is 327 g/mol. The number of nitrogens with zero attached hydrogens (tertiary/aromatic N) is 3. The zero-order chi connectivity index (χ0) is 17.7. The number of allylic oxidation sites excluding steroid dienone is 1. The van der Waals surface area contributed by atoms with Crippen LogP contribution in [0.3, 0.4) is 0 Å². The maximum Gasteiger partial charge on any atom is 0.276 e. The van der Waals surface area contributed by atoms with Crippen molar-refractivity contribution >= 4 is 11.7 Å². The normalized spacial score (nSPS) is 25.7. The molecule has 0 saturated carbocycles. The Bertz CT molecular complexity index is 797. The van der Waals surface area contributed by atoms with Crippen LogP contribution in [0.1, 0.15) is 48.8 Å². The van der Waals surface area contributed by atoms with Crippen molar-refractivity contribution in [3.63, 3.8) is 0 Å². The van der Waals surface area contributed by atoms with Gasteiger partial charge in [0, 0.05) is 30.8 Å². The molecule has 1 atom stereocenters. The van der Waals surface area contributed by atoms with Crippen molar-refractivity contribution in [1.82, 2.24) is 9.88 Å². The van der Waals surface area contributed by atoms with E-state index in [1.807, 2.05) is 19.9 Å². The molecule has 2 aliphatic rings. The highest BCUT2D eigenvalue weighted by Gasteiger charge is 2.49. The number of Topliss-reactive ketones (excluding diaryl/α,β-unsaturated/α-hetero) is 1. The van der Waals surface area contributed by atoms with Gasteiger partial charge in [-0.15, -0.1) is 0 Å². The first kappa shape index (κ1) is 16.4. The van der Waals surface area contributed by atoms with Crippen LogP contribution in [0.15, 0.2) is 16.1 Å². The fourth-order valence-corrected chi connectivity index (χ4v) is 4.04. The molecule has 3 rings (SSSR count). The standard InChI is InChI=1S/C18H21N3O3/c1-11-14(20-12(2)24-11)16(23)21-6-5-18(10-21)7-13(8-19)15(22)17(3,4)9-18/h7H,5-6,9-10H2,1-4H3/t18-/m1/s1. The number of hydrogen-bond acceptors (Lipinski definition) is 5. The van der Waals surface area contributed by atoms with Crippen LogP contribution in [0.25, 0.3) is 0 Å². The molecule has 2 heterocycles. The van der Waals surface area contributed by atoms with Crippen molar-refractivity contribution in [2.75, 3.05) is 13.1 Å². The molecule has 0 aromatic carbocycles. The van der Waals surface area contributed by atoms with E-state index in [4.69, 9.17) is 4.42 Å². The number of carbonyl (C=O) groups is 2. The summed E-state index contributed by atoms with van der Waals surface area (Å²) in [5.41, 5.74) is -0.335. The van der Waals surface area contributed by atoms with Gasteiger partial charge in [-0.3, -0.25) is 9.59 Å². The van der Waals surface area contributed by atoms with Crippen molar-refractivity contribution in [2.45, 2.75) is 40.5 Å². The molecule has 6 nitrogen and oxygen atoms in total. The average Bonchev–Trinajstić information content (AvgIpc) is 3.05. The van der Waals surface area contributed by atoms with Crippen LogP contribution in [-0.2, 0) is 4.79 Å². The number of amides is 1. The smallest absolute Gasteiger partial charge is 0.276 e. The second-order valence-electron chi connectivity index (χ2n) is 7.54. The van der Waals surface area contributed by atoms with Crippen molar-refractivity contribution < 1.29 is 14.0 Å². The largest absolute Gasteiger partial charge is 0.445 e. The van der Waals surface area contributed by atoms with Crippen LogP contribution in [0, 0.1) is 36.0 Å². The fourth-order valence-electron chi connectivity index (χ4n) is 4.04. The summed E-state index contributed by atoms with van der Waals surface area (Å²) in [7, 11) is 0. The Hall–Kier alpha value is -2.42. The maximum absolute atomic E-state index is 12.7. The lowest BCUT2D eigenvalue weighted by Gasteiger charge is -2.38. The second kappa shape index (κ2) is 5.30. The Kier molecular flexibility index (Phi) is 3.63. The molecule has 1 fully saturated rings. The summed E-state index contributed by atoms with van der Waals surface area (Å²) in [6.45, 7) is 8.28. The Morgan fingerprint density at radius 1 is 1.42 bits per heavy atom. The summed E-state index contributed by atoms with van der Waals surface area (Å²) >= 11 is 0. The molecular weight excluding hydrogens is 306 g/mol. The summed E-state index contributed by atoms with van der Waals surface area (Å²) < 4.78 is 5.36. The lowest BCUT2D eigenvalue weighted by Crippen LogP contribution is -2.40. The Labute approximate surface area is 141 Å². The molecular formula is C18H21N3O3. The van der Waals surface area contributed by atoms with Crippen molar-refractivity contribution in [1.29, 1.82) is 5.26 Å². The van der Waals surface area contributed by atoms with Crippen LogP contribution in [0.2, 0.25) is 0 Å². The van der Waals surface area contributed by atoms with Crippen molar-refractivity contribution in [3.8, 4) is 6.07 Å². The first-order chi connectivity index (χ1) is 11.2. The third-order valence-electron chi connectivity index (χ3n) is 5.00. The van der Waals surface area contributed by atoms with Gasteiger partial charge in [0.15, 0.2) is 17.4 Å². The van der Waals surface area contributed by atoms with Gasteiger partial charge >= 0.3 is 0 Å². The van der Waals surface area contributed by atoms with Gasteiger partial charge in [-0.25, -0.2) is 4.98 Å². The highest BCUT2D eigenvalue weighted by atomic mass is 16.4. The summed E-state index contributed by atoms with van der Waals surface area (Å²) in [5, 5.41) is 9.29. The lowest BCUT2D eigenvalue weighted by atomic mass is 9.64. The van der Waals surface area contributed by atoms with Crippen molar-refractivity contribution in [3.05, 3.63) is 29.0 Å². The predicted octanol–water partition coefficient (Wildman–Crippen LogP) is 2.57. The molecule has 0 N–H and O–H groups in total.